The number of rotatable bonds is 1. The molecule has 0 radical (unpaired) electrons. The van der Waals surface area contributed by atoms with Crippen molar-refractivity contribution in [1.82, 2.24) is 14.8 Å². The SMILES string of the molecule is Cn1cnnc1C1CCC2CCCCC2C1. The molecule has 16 heavy (non-hydrogen) atoms. The number of nitrogens with zero attached hydrogens (tertiary/aromatic N) is 3. The van der Waals surface area contributed by atoms with Crippen LogP contribution >= 0.6 is 0 Å². The van der Waals surface area contributed by atoms with Crippen LogP contribution in [-0.2, 0) is 7.05 Å². The topological polar surface area (TPSA) is 30.7 Å². The normalized spacial score (nSPS) is 34.7. The van der Waals surface area contributed by atoms with Gasteiger partial charge in [0, 0.05) is 13.0 Å². The minimum Gasteiger partial charge on any atom is -0.320 e. The molecule has 2 aliphatic rings. The van der Waals surface area contributed by atoms with Crippen molar-refractivity contribution < 1.29 is 0 Å². The second-order valence-corrected chi connectivity index (χ2v) is 5.61. The zero-order valence-electron chi connectivity index (χ0n) is 10.1. The van der Waals surface area contributed by atoms with Crippen LogP contribution in [0.3, 0.4) is 0 Å². The molecule has 1 aromatic rings. The molecule has 0 bridgehead atoms. The fraction of sp³-hybridized carbons (Fsp3) is 0.846. The lowest BCUT2D eigenvalue weighted by atomic mass is 9.67. The Bertz CT molecular complexity index is 358. The van der Waals surface area contributed by atoms with Crippen LogP contribution in [0.25, 0.3) is 0 Å². The summed E-state index contributed by atoms with van der Waals surface area (Å²) in [6.45, 7) is 0. The Kier molecular flexibility index (Phi) is 2.70. The molecule has 0 amide bonds. The molecule has 0 N–H and O–H groups in total. The van der Waals surface area contributed by atoms with Gasteiger partial charge in [0.1, 0.15) is 12.2 Å². The summed E-state index contributed by atoms with van der Waals surface area (Å²) in [4.78, 5) is 0. The number of aromatic nitrogens is 3. The average molecular weight is 219 g/mol. The van der Waals surface area contributed by atoms with E-state index >= 15 is 0 Å². The Morgan fingerprint density at radius 2 is 1.94 bits per heavy atom. The van der Waals surface area contributed by atoms with Crippen LogP contribution in [0.2, 0.25) is 0 Å². The van der Waals surface area contributed by atoms with Crippen molar-refractivity contribution >= 4 is 0 Å². The first kappa shape index (κ1) is 10.3. The summed E-state index contributed by atoms with van der Waals surface area (Å²) in [7, 11) is 2.07. The molecule has 1 aromatic heterocycles. The molecule has 88 valence electrons. The maximum absolute atomic E-state index is 4.29. The van der Waals surface area contributed by atoms with Gasteiger partial charge >= 0.3 is 0 Å². The van der Waals surface area contributed by atoms with Crippen LogP contribution in [0.1, 0.15) is 56.7 Å². The van der Waals surface area contributed by atoms with Crippen LogP contribution in [0.4, 0.5) is 0 Å². The first-order chi connectivity index (χ1) is 7.84. The van der Waals surface area contributed by atoms with Gasteiger partial charge in [0.15, 0.2) is 0 Å². The molecule has 2 saturated carbocycles. The van der Waals surface area contributed by atoms with Gasteiger partial charge < -0.3 is 4.57 Å². The predicted molar refractivity (Wildman–Crippen MR) is 63.0 cm³/mol. The van der Waals surface area contributed by atoms with Gasteiger partial charge in [-0.15, -0.1) is 10.2 Å². The summed E-state index contributed by atoms with van der Waals surface area (Å²) in [6, 6.07) is 0. The molecule has 3 heteroatoms. The van der Waals surface area contributed by atoms with E-state index in [2.05, 4.69) is 21.8 Å². The molecule has 3 unspecified atom stereocenters. The highest BCUT2D eigenvalue weighted by Crippen LogP contribution is 2.45. The van der Waals surface area contributed by atoms with E-state index in [4.69, 9.17) is 0 Å². The van der Waals surface area contributed by atoms with Gasteiger partial charge in [0.2, 0.25) is 0 Å². The van der Waals surface area contributed by atoms with Gasteiger partial charge in [-0.05, 0) is 31.1 Å². The Morgan fingerprint density at radius 3 is 2.69 bits per heavy atom. The Morgan fingerprint density at radius 1 is 1.12 bits per heavy atom. The van der Waals surface area contributed by atoms with Crippen molar-refractivity contribution in [1.29, 1.82) is 0 Å². The first-order valence-electron chi connectivity index (χ1n) is 6.68. The van der Waals surface area contributed by atoms with E-state index in [0.717, 1.165) is 11.8 Å². The van der Waals surface area contributed by atoms with Gasteiger partial charge in [-0.25, -0.2) is 0 Å². The molecule has 3 nitrogen and oxygen atoms in total. The molecule has 0 aromatic carbocycles. The average Bonchev–Trinajstić information content (AvgIpc) is 2.75. The fourth-order valence-electron chi connectivity index (χ4n) is 3.77. The summed E-state index contributed by atoms with van der Waals surface area (Å²) in [5, 5.41) is 8.30. The quantitative estimate of drug-likeness (QED) is 0.727. The first-order valence-corrected chi connectivity index (χ1v) is 6.68. The van der Waals surface area contributed by atoms with Gasteiger partial charge in [-0.1, -0.05) is 25.7 Å². The molecular weight excluding hydrogens is 198 g/mol. The van der Waals surface area contributed by atoms with Crippen LogP contribution in [0.5, 0.6) is 0 Å². The summed E-state index contributed by atoms with van der Waals surface area (Å²) >= 11 is 0. The maximum atomic E-state index is 4.29. The van der Waals surface area contributed by atoms with Gasteiger partial charge in [-0.2, -0.15) is 0 Å². The number of hydrogen-bond donors (Lipinski definition) is 0. The summed E-state index contributed by atoms with van der Waals surface area (Å²) < 4.78 is 2.10. The highest BCUT2D eigenvalue weighted by molar-refractivity contribution is 5.00. The molecule has 0 aliphatic heterocycles. The van der Waals surface area contributed by atoms with E-state index in [0.29, 0.717) is 5.92 Å². The van der Waals surface area contributed by atoms with Crippen molar-refractivity contribution in [3.8, 4) is 0 Å². The summed E-state index contributed by atoms with van der Waals surface area (Å²) in [6.07, 6.45) is 11.8. The summed E-state index contributed by atoms with van der Waals surface area (Å²) in [5.74, 6) is 3.89. The lowest BCUT2D eigenvalue weighted by Crippen LogP contribution is -2.27. The monoisotopic (exact) mass is 219 g/mol. The number of hydrogen-bond acceptors (Lipinski definition) is 2. The van der Waals surface area contributed by atoms with Crippen LogP contribution in [0, 0.1) is 11.8 Å². The second kappa shape index (κ2) is 4.19. The molecule has 0 saturated heterocycles. The molecule has 3 atom stereocenters. The maximum Gasteiger partial charge on any atom is 0.135 e. The van der Waals surface area contributed by atoms with E-state index < -0.39 is 0 Å². The molecule has 1 heterocycles. The largest absolute Gasteiger partial charge is 0.320 e. The number of fused-ring (bicyclic) bond motifs is 1. The smallest absolute Gasteiger partial charge is 0.135 e. The third-order valence-corrected chi connectivity index (χ3v) is 4.65. The van der Waals surface area contributed by atoms with Crippen molar-refractivity contribution in [3.05, 3.63) is 12.2 Å². The molecular formula is C13H21N3. The van der Waals surface area contributed by atoms with E-state index in [1.807, 2.05) is 6.33 Å². The fourth-order valence-corrected chi connectivity index (χ4v) is 3.77. The molecule has 3 rings (SSSR count). The lowest BCUT2D eigenvalue weighted by Gasteiger charge is -2.38. The van der Waals surface area contributed by atoms with E-state index in [-0.39, 0.29) is 0 Å². The number of aryl methyl sites for hydroxylation is 1. The van der Waals surface area contributed by atoms with Gasteiger partial charge in [0.05, 0.1) is 0 Å². The van der Waals surface area contributed by atoms with Gasteiger partial charge in [-0.3, -0.25) is 0 Å². The second-order valence-electron chi connectivity index (χ2n) is 5.61. The zero-order chi connectivity index (χ0) is 11.0. The van der Waals surface area contributed by atoms with Crippen molar-refractivity contribution in [2.24, 2.45) is 18.9 Å². The van der Waals surface area contributed by atoms with Crippen LogP contribution in [0.15, 0.2) is 6.33 Å². The van der Waals surface area contributed by atoms with Crippen LogP contribution < -0.4 is 0 Å². The molecule has 2 aliphatic carbocycles. The van der Waals surface area contributed by atoms with E-state index in [1.165, 1.54) is 50.8 Å². The highest BCUT2D eigenvalue weighted by atomic mass is 15.2. The highest BCUT2D eigenvalue weighted by Gasteiger charge is 2.34. The van der Waals surface area contributed by atoms with Crippen molar-refractivity contribution in [2.75, 3.05) is 0 Å². The van der Waals surface area contributed by atoms with Crippen molar-refractivity contribution in [3.63, 3.8) is 0 Å². The third-order valence-electron chi connectivity index (χ3n) is 4.65. The minimum absolute atomic E-state index is 0.673. The van der Waals surface area contributed by atoms with E-state index in [9.17, 15) is 0 Å². The molecule has 0 spiro atoms. The Balaban J connectivity index is 1.73. The summed E-state index contributed by atoms with van der Waals surface area (Å²) in [5.41, 5.74) is 0. The lowest BCUT2D eigenvalue weighted by molar-refractivity contribution is 0.152. The van der Waals surface area contributed by atoms with Crippen molar-refractivity contribution in [2.45, 2.75) is 50.9 Å². The standard InChI is InChI=1S/C13H21N3/c1-16-9-14-15-13(16)12-7-6-10-4-2-3-5-11(10)8-12/h9-12H,2-8H2,1H3. The Hall–Kier alpha value is -0.860. The Labute approximate surface area is 97.3 Å². The minimum atomic E-state index is 0.673. The van der Waals surface area contributed by atoms with Gasteiger partial charge in [0.25, 0.3) is 0 Å². The van der Waals surface area contributed by atoms with E-state index in [1.54, 1.807) is 0 Å². The zero-order valence-corrected chi connectivity index (χ0v) is 10.1. The molecule has 2 fully saturated rings. The third kappa shape index (κ3) is 1.76. The predicted octanol–water partition coefficient (Wildman–Crippen LogP) is 2.89. The van der Waals surface area contributed by atoms with Crippen LogP contribution in [-0.4, -0.2) is 14.8 Å².